The normalized spacial score (nSPS) is 16.2. The number of halogens is 1. The Labute approximate surface area is 212 Å². The number of alkyl carbamates (subject to hydrolysis) is 1. The Kier molecular flexibility index (Phi) is 11.9. The number of carboxylic acids is 1. The topological polar surface area (TPSA) is 168 Å². The van der Waals surface area contributed by atoms with Gasteiger partial charge in [-0.15, -0.1) is 0 Å². The molecule has 5 atom stereocenters. The summed E-state index contributed by atoms with van der Waals surface area (Å²) in [5, 5.41) is 13.6. The van der Waals surface area contributed by atoms with Gasteiger partial charge < -0.3 is 30.1 Å². The third-order valence-electron chi connectivity index (χ3n) is 4.94. The van der Waals surface area contributed by atoms with Gasteiger partial charge in [0.25, 0.3) is 0 Å². The van der Waals surface area contributed by atoms with E-state index in [9.17, 15) is 28.6 Å². The van der Waals surface area contributed by atoms with Crippen LogP contribution in [0.4, 0.5) is 4.79 Å². The molecule has 0 aromatic heterocycles. The minimum absolute atomic E-state index is 0.0648. The van der Waals surface area contributed by atoms with Crippen molar-refractivity contribution >= 4 is 47.2 Å². The van der Waals surface area contributed by atoms with E-state index in [1.165, 1.54) is 20.8 Å². The summed E-state index contributed by atoms with van der Waals surface area (Å²) < 4.78 is 23.7. The van der Waals surface area contributed by atoms with Crippen LogP contribution in [0.1, 0.15) is 40.2 Å². The second-order valence-electron chi connectivity index (χ2n) is 8.42. The first-order valence-electron chi connectivity index (χ1n) is 10.9. The third kappa shape index (κ3) is 10.8. The van der Waals surface area contributed by atoms with Crippen LogP contribution < -0.4 is 10.6 Å². The Hall–Kier alpha value is -2.43. The zero-order valence-electron chi connectivity index (χ0n) is 20.2. The summed E-state index contributed by atoms with van der Waals surface area (Å²) in [4.78, 5) is 58.3. The Morgan fingerprint density at radius 1 is 1.00 bits per heavy atom. The first-order chi connectivity index (χ1) is 16.1. The average Bonchev–Trinajstić information content (AvgIpc) is 2.73. The number of carboxylic acid groups (broad SMARTS) is 1. The second-order valence-corrected chi connectivity index (χ2v) is 12.0. The largest absolute Gasteiger partial charge is 0.480 e. The number of ether oxygens (including phenoxy) is 2. The lowest BCUT2D eigenvalue weighted by molar-refractivity contribution is -0.168. The summed E-state index contributed by atoms with van der Waals surface area (Å²) in [6.45, 7) is 7.10. The van der Waals surface area contributed by atoms with Gasteiger partial charge in [0.1, 0.15) is 11.8 Å². The number of hydrogen-bond donors (Lipinski definition) is 4. The lowest BCUT2D eigenvalue weighted by Gasteiger charge is -2.26. The number of aliphatic carboxylic acids is 1. The number of benzene rings is 1. The van der Waals surface area contributed by atoms with E-state index in [-0.39, 0.29) is 6.42 Å². The molecule has 196 valence electrons. The molecule has 2 amide bonds. The van der Waals surface area contributed by atoms with E-state index in [1.807, 2.05) is 0 Å². The van der Waals surface area contributed by atoms with Crippen LogP contribution in [0.5, 0.6) is 0 Å². The number of carbonyl (C=O) groups excluding carboxylic acids is 3. The molecule has 0 fully saturated rings. The Balaban J connectivity index is 2.92. The fourth-order valence-electron chi connectivity index (χ4n) is 2.79. The van der Waals surface area contributed by atoms with Crippen molar-refractivity contribution in [2.45, 2.75) is 59.2 Å². The van der Waals surface area contributed by atoms with E-state index in [0.717, 1.165) is 4.47 Å². The summed E-state index contributed by atoms with van der Waals surface area (Å²) in [5.41, 5.74) is 0.692. The summed E-state index contributed by atoms with van der Waals surface area (Å²) >= 11 is 3.31. The van der Waals surface area contributed by atoms with Gasteiger partial charge in [-0.1, -0.05) is 41.9 Å². The molecule has 35 heavy (non-hydrogen) atoms. The Morgan fingerprint density at radius 2 is 1.57 bits per heavy atom. The van der Waals surface area contributed by atoms with E-state index in [0.29, 0.717) is 5.56 Å². The second kappa shape index (κ2) is 13.6. The number of amides is 2. The van der Waals surface area contributed by atoms with Crippen LogP contribution in [-0.4, -0.2) is 58.2 Å². The molecule has 0 aliphatic heterocycles. The number of hydrogen-bond acceptors (Lipinski definition) is 7. The quantitative estimate of drug-likeness (QED) is 0.165. The molecule has 1 rings (SSSR count). The molecule has 0 bridgehead atoms. The number of carbonyl (C=O) groups is 4. The van der Waals surface area contributed by atoms with Crippen LogP contribution in [0.3, 0.4) is 0 Å². The zero-order valence-corrected chi connectivity index (χ0v) is 22.7. The van der Waals surface area contributed by atoms with Crippen molar-refractivity contribution in [1.82, 2.24) is 10.6 Å². The van der Waals surface area contributed by atoms with Crippen molar-refractivity contribution in [1.29, 1.82) is 0 Å². The molecule has 0 spiro atoms. The van der Waals surface area contributed by atoms with Gasteiger partial charge in [-0.3, -0.25) is 18.9 Å². The highest BCUT2D eigenvalue weighted by molar-refractivity contribution is 9.10. The molecule has 0 saturated heterocycles. The molecule has 0 saturated carbocycles. The molecule has 4 N–H and O–H groups in total. The maximum Gasteiger partial charge on any atom is 0.410 e. The molecule has 0 aliphatic rings. The molecule has 0 heterocycles. The third-order valence-corrected chi connectivity index (χ3v) is 7.77. The molecular weight excluding hydrogens is 547 g/mol. The van der Waals surface area contributed by atoms with E-state index in [1.54, 1.807) is 38.1 Å². The predicted molar refractivity (Wildman–Crippen MR) is 131 cm³/mol. The summed E-state index contributed by atoms with van der Waals surface area (Å²) in [5.74, 6) is -5.33. The molecule has 11 nitrogen and oxygen atoms in total. The smallest absolute Gasteiger partial charge is 0.410 e. The van der Waals surface area contributed by atoms with Gasteiger partial charge in [-0.05, 0) is 38.0 Å². The Morgan fingerprint density at radius 3 is 2.09 bits per heavy atom. The van der Waals surface area contributed by atoms with Gasteiger partial charge in [0.2, 0.25) is 19.6 Å². The highest BCUT2D eigenvalue weighted by Gasteiger charge is 2.36. The molecule has 1 aromatic carbocycles. The van der Waals surface area contributed by atoms with Gasteiger partial charge >= 0.3 is 18.0 Å². The van der Waals surface area contributed by atoms with E-state index >= 15 is 0 Å². The van der Waals surface area contributed by atoms with E-state index < -0.39 is 67.4 Å². The maximum atomic E-state index is 13.1. The van der Waals surface area contributed by atoms with Gasteiger partial charge in [-0.2, -0.15) is 0 Å². The van der Waals surface area contributed by atoms with Crippen molar-refractivity contribution in [3.63, 3.8) is 0 Å². The minimum atomic E-state index is -4.18. The molecular formula is C22H32BrN2O9P. The highest BCUT2D eigenvalue weighted by Crippen LogP contribution is 2.47. The standard InChI is InChI=1S/C22H32BrN2O9P/c1-12(2)21(29)33-15(5)34-22(30)25-14(4)35(31,32)11-17(19(26)24-13(3)20(27)28)10-16-6-8-18(23)9-7-16/h6-9,12-15,17H,10-11H2,1-5H3,(H,24,26)(H,25,30)(H,27,28)(H,31,32)/t13?,14?,15?,17-/m1/s1. The van der Waals surface area contributed by atoms with Crippen molar-refractivity contribution in [2.24, 2.45) is 11.8 Å². The molecule has 4 unspecified atom stereocenters. The zero-order chi connectivity index (χ0) is 26.9. The van der Waals surface area contributed by atoms with Crippen molar-refractivity contribution in [3.05, 3.63) is 34.3 Å². The number of esters is 1. The van der Waals surface area contributed by atoms with Crippen LogP contribution in [0, 0.1) is 11.8 Å². The van der Waals surface area contributed by atoms with Gasteiger partial charge in [0.05, 0.1) is 11.8 Å². The lowest BCUT2D eigenvalue weighted by atomic mass is 10.00. The Bertz CT molecular complexity index is 955. The summed E-state index contributed by atoms with van der Waals surface area (Å²) in [7, 11) is -4.18. The van der Waals surface area contributed by atoms with Crippen molar-refractivity contribution in [2.75, 3.05) is 6.16 Å². The molecule has 1 aromatic rings. The monoisotopic (exact) mass is 578 g/mol. The van der Waals surface area contributed by atoms with Crippen LogP contribution >= 0.6 is 23.3 Å². The number of rotatable bonds is 12. The molecule has 0 aliphatic carbocycles. The van der Waals surface area contributed by atoms with Crippen LogP contribution in [0.15, 0.2) is 28.7 Å². The summed E-state index contributed by atoms with van der Waals surface area (Å²) in [6, 6.07) is 5.75. The lowest BCUT2D eigenvalue weighted by Crippen LogP contribution is -2.44. The molecule has 0 radical (unpaired) electrons. The van der Waals surface area contributed by atoms with E-state index in [2.05, 4.69) is 26.6 Å². The predicted octanol–water partition coefficient (Wildman–Crippen LogP) is 3.08. The fourth-order valence-corrected chi connectivity index (χ4v) is 4.61. The van der Waals surface area contributed by atoms with Gasteiger partial charge in [-0.25, -0.2) is 4.79 Å². The maximum absolute atomic E-state index is 13.1. The van der Waals surface area contributed by atoms with Crippen molar-refractivity contribution < 1.29 is 43.2 Å². The fraction of sp³-hybridized carbons (Fsp3) is 0.545. The first kappa shape index (κ1) is 30.6. The van der Waals surface area contributed by atoms with Gasteiger partial charge in [0, 0.05) is 17.6 Å². The average molecular weight is 579 g/mol. The first-order valence-corrected chi connectivity index (χ1v) is 13.6. The SMILES string of the molecule is CC(OC(=O)NC(C)P(=O)(O)C[C@@H](Cc1ccc(Br)cc1)C(=O)NC(C)C(=O)O)OC(=O)C(C)C. The minimum Gasteiger partial charge on any atom is -0.480 e. The highest BCUT2D eigenvalue weighted by atomic mass is 79.9. The van der Waals surface area contributed by atoms with E-state index in [4.69, 9.17) is 14.6 Å². The van der Waals surface area contributed by atoms with Gasteiger partial charge in [0.15, 0.2) is 0 Å². The summed E-state index contributed by atoms with van der Waals surface area (Å²) in [6.07, 6.45) is -2.76. The van der Waals surface area contributed by atoms with Crippen molar-refractivity contribution in [3.8, 4) is 0 Å². The number of nitrogens with one attached hydrogen (secondary N) is 2. The van der Waals surface area contributed by atoms with Crippen LogP contribution in [0.2, 0.25) is 0 Å². The van der Waals surface area contributed by atoms with Crippen LogP contribution in [0.25, 0.3) is 0 Å². The van der Waals surface area contributed by atoms with Crippen LogP contribution in [-0.2, 0) is 34.8 Å². The molecule has 13 heteroatoms.